The summed E-state index contributed by atoms with van der Waals surface area (Å²) in [6.45, 7) is 5.88. The Labute approximate surface area is 72.7 Å². The van der Waals surface area contributed by atoms with E-state index < -0.39 is 0 Å². The van der Waals surface area contributed by atoms with Crippen molar-refractivity contribution in [3.8, 4) is 6.07 Å². The van der Waals surface area contributed by atoms with Gasteiger partial charge in [-0.05, 0) is 0 Å². The minimum atomic E-state index is 0. The molecule has 0 atom stereocenters. The summed E-state index contributed by atoms with van der Waals surface area (Å²) in [5.74, 6) is 1.32. The third kappa shape index (κ3) is 8.05. The maximum absolute atomic E-state index is 8.22. The summed E-state index contributed by atoms with van der Waals surface area (Å²) in [6.07, 6.45) is 0. The third-order valence-electron chi connectivity index (χ3n) is 1.04. The second-order valence-electron chi connectivity index (χ2n) is 1.95. The first-order valence-electron chi connectivity index (χ1n) is 2.42. The second kappa shape index (κ2) is 8.05. The summed E-state index contributed by atoms with van der Waals surface area (Å²) in [6, 6.07) is 2.08. The van der Waals surface area contributed by atoms with Gasteiger partial charge in [-0.15, -0.1) is 12.0 Å². The molecule has 0 saturated heterocycles. The van der Waals surface area contributed by atoms with E-state index in [2.05, 4.69) is 6.07 Å². The van der Waals surface area contributed by atoms with Crippen LogP contribution in [0.25, 0.3) is 0 Å². The average molecular weight is 295 g/mol. The van der Waals surface area contributed by atoms with Crippen molar-refractivity contribution in [2.24, 2.45) is 5.92 Å². The van der Waals surface area contributed by atoms with E-state index in [9.17, 15) is 0 Å². The Morgan fingerprint density at radius 2 is 1.78 bits per heavy atom. The van der Waals surface area contributed by atoms with Crippen LogP contribution in [0.5, 0.6) is 0 Å². The molecule has 0 amide bonds. The number of hydrogen-bond acceptors (Lipinski definition) is 1. The van der Waals surface area contributed by atoms with Gasteiger partial charge in [-0.25, -0.2) is 5.26 Å². The Morgan fingerprint density at radius 1 is 1.44 bits per heavy atom. The van der Waals surface area contributed by atoms with Crippen LogP contribution in [-0.4, -0.2) is 0 Å². The molecule has 0 bridgehead atoms. The van der Waals surface area contributed by atoms with E-state index in [0.717, 1.165) is 5.92 Å². The first kappa shape index (κ1) is 16.0. The molecular formula is C7H13NW. The van der Waals surface area contributed by atoms with E-state index in [1.807, 2.05) is 20.8 Å². The Morgan fingerprint density at radius 3 is 1.78 bits per heavy atom. The third-order valence-corrected chi connectivity index (χ3v) is 1.04. The van der Waals surface area contributed by atoms with Crippen LogP contribution in [0, 0.1) is 30.6 Å². The van der Waals surface area contributed by atoms with Crippen molar-refractivity contribution in [1.29, 1.82) is 5.26 Å². The predicted octanol–water partition coefficient (Wildman–Crippen LogP) is 2.21. The van der Waals surface area contributed by atoms with Crippen molar-refractivity contribution in [3.63, 3.8) is 0 Å². The zero-order valence-corrected chi connectivity index (χ0v) is 9.37. The first-order valence-corrected chi connectivity index (χ1v) is 2.42. The van der Waals surface area contributed by atoms with E-state index in [1.54, 1.807) is 0 Å². The van der Waals surface area contributed by atoms with E-state index in [4.69, 9.17) is 5.26 Å². The zero-order chi connectivity index (χ0) is 5.86. The van der Waals surface area contributed by atoms with Crippen LogP contribution in [0.2, 0.25) is 0 Å². The smallest absolute Gasteiger partial charge is 0.358 e. The van der Waals surface area contributed by atoms with Gasteiger partial charge in [0.1, 0.15) is 0 Å². The van der Waals surface area contributed by atoms with Crippen LogP contribution in [0.1, 0.15) is 20.8 Å². The van der Waals surface area contributed by atoms with Crippen molar-refractivity contribution in [1.82, 2.24) is 0 Å². The summed E-state index contributed by atoms with van der Waals surface area (Å²) < 4.78 is 0. The van der Waals surface area contributed by atoms with Crippen molar-refractivity contribution >= 4 is 0 Å². The van der Waals surface area contributed by atoms with Gasteiger partial charge in [0.15, 0.2) is 0 Å². The molecule has 0 aliphatic rings. The van der Waals surface area contributed by atoms with Gasteiger partial charge >= 0.3 is 21.1 Å². The molecule has 0 rings (SSSR count). The van der Waals surface area contributed by atoms with Crippen molar-refractivity contribution < 1.29 is 21.1 Å². The molecule has 9 heavy (non-hydrogen) atoms. The fraction of sp³-hybridized carbons (Fsp3) is 0.571. The first-order chi connectivity index (χ1) is 3.18. The van der Waals surface area contributed by atoms with Crippen molar-refractivity contribution in [3.05, 3.63) is 13.3 Å². The van der Waals surface area contributed by atoms with Gasteiger partial charge in [0.2, 0.25) is 0 Å². The summed E-state index contributed by atoms with van der Waals surface area (Å²) in [5, 5.41) is 8.22. The maximum atomic E-state index is 8.22. The van der Waals surface area contributed by atoms with Gasteiger partial charge in [-0.3, -0.25) is 5.92 Å². The summed E-state index contributed by atoms with van der Waals surface area (Å²) in [7, 11) is 0. The van der Waals surface area contributed by atoms with Crippen LogP contribution < -0.4 is 0 Å². The molecule has 0 aliphatic carbocycles. The van der Waals surface area contributed by atoms with Gasteiger partial charge in [0.25, 0.3) is 0 Å². The SMILES string of the molecule is C[C-](C#N)C(C)C.[CH3-].[W+2]. The molecule has 0 N–H and O–H groups in total. The molecule has 1 nitrogen and oxygen atoms in total. The van der Waals surface area contributed by atoms with E-state index in [-0.39, 0.29) is 28.5 Å². The summed E-state index contributed by atoms with van der Waals surface area (Å²) >= 11 is 0. The Hall–Kier alpha value is 0.0483. The largest absolute Gasteiger partial charge is 2.00 e. The van der Waals surface area contributed by atoms with Gasteiger partial charge in [-0.1, -0.05) is 13.8 Å². The molecule has 0 spiro atoms. The molecule has 0 aromatic heterocycles. The fourth-order valence-electron chi connectivity index (χ4n) is 0.129. The molecule has 0 aliphatic heterocycles. The molecule has 0 aromatic rings. The summed E-state index contributed by atoms with van der Waals surface area (Å²) in [5.41, 5.74) is 0. The monoisotopic (exact) mass is 295 g/mol. The standard InChI is InChI=1S/C6H10N.CH3.W/c1-5(2)6(3)4-7;;/h5H,1-3H3;1H3;/q2*-1;+2. The van der Waals surface area contributed by atoms with Crippen molar-refractivity contribution in [2.45, 2.75) is 20.8 Å². The predicted molar refractivity (Wildman–Crippen MR) is 35.8 cm³/mol. The number of rotatable bonds is 1. The molecular weight excluding hydrogens is 282 g/mol. The fourth-order valence-corrected chi connectivity index (χ4v) is 0.129. The summed E-state index contributed by atoms with van der Waals surface area (Å²) in [4.78, 5) is 0. The van der Waals surface area contributed by atoms with Crippen LogP contribution in [-0.2, 0) is 21.1 Å². The zero-order valence-electron chi connectivity index (χ0n) is 6.43. The van der Waals surface area contributed by atoms with Crippen LogP contribution in [0.3, 0.4) is 0 Å². The Kier molecular flexibility index (Phi) is 14.3. The van der Waals surface area contributed by atoms with E-state index in [1.165, 1.54) is 0 Å². The van der Waals surface area contributed by atoms with Gasteiger partial charge < -0.3 is 7.43 Å². The Bertz CT molecular complexity index is 83.4. The minimum Gasteiger partial charge on any atom is -0.358 e. The molecule has 0 heterocycles. The second-order valence-corrected chi connectivity index (χ2v) is 1.95. The normalized spacial score (nSPS) is 6.56. The van der Waals surface area contributed by atoms with Gasteiger partial charge in [-0.2, -0.15) is 6.92 Å². The molecule has 2 heteroatoms. The molecule has 0 fully saturated rings. The maximum Gasteiger partial charge on any atom is 2.00 e. The van der Waals surface area contributed by atoms with Gasteiger partial charge in [0.05, 0.1) is 0 Å². The number of nitriles is 1. The van der Waals surface area contributed by atoms with Crippen molar-refractivity contribution in [2.75, 3.05) is 0 Å². The molecule has 0 radical (unpaired) electrons. The molecule has 52 valence electrons. The number of hydrogen-bond donors (Lipinski definition) is 0. The van der Waals surface area contributed by atoms with E-state index in [0.29, 0.717) is 5.92 Å². The van der Waals surface area contributed by atoms with Crippen LogP contribution in [0.4, 0.5) is 0 Å². The Balaban J connectivity index is -0.000000180. The van der Waals surface area contributed by atoms with E-state index >= 15 is 0 Å². The molecule has 0 aromatic carbocycles. The average Bonchev–Trinajstić information content (AvgIpc) is 1.65. The molecule has 0 saturated carbocycles. The van der Waals surface area contributed by atoms with Crippen LogP contribution >= 0.6 is 0 Å². The quantitative estimate of drug-likeness (QED) is 0.680. The topological polar surface area (TPSA) is 23.8 Å². The minimum absolute atomic E-state index is 0. The molecule has 0 unspecified atom stereocenters. The van der Waals surface area contributed by atoms with Gasteiger partial charge in [0, 0.05) is 0 Å². The number of nitrogens with zero attached hydrogens (tertiary/aromatic N) is 1. The van der Waals surface area contributed by atoms with Crippen LogP contribution in [0.15, 0.2) is 0 Å².